The Bertz CT molecular complexity index is 510. The normalized spacial score (nSPS) is 13.0. The van der Waals surface area contributed by atoms with E-state index in [4.69, 9.17) is 5.11 Å². The minimum atomic E-state index is -3.43. The van der Waals surface area contributed by atoms with Crippen LogP contribution in [0.4, 0.5) is 5.69 Å². The SMILES string of the molecule is CNS(=O)(=O)c1ccc(NCC(C)C(=O)O)cc1. The van der Waals surface area contributed by atoms with Gasteiger partial charge < -0.3 is 10.4 Å². The maximum absolute atomic E-state index is 11.5. The summed E-state index contributed by atoms with van der Waals surface area (Å²) in [7, 11) is -2.09. The van der Waals surface area contributed by atoms with Crippen LogP contribution in [-0.2, 0) is 14.8 Å². The predicted octanol–water partition coefficient (Wildman–Crippen LogP) is 0.727. The van der Waals surface area contributed by atoms with E-state index in [1.165, 1.54) is 19.2 Å². The number of aliphatic carboxylic acids is 1. The number of carbonyl (C=O) groups is 1. The van der Waals surface area contributed by atoms with Gasteiger partial charge in [0, 0.05) is 12.2 Å². The van der Waals surface area contributed by atoms with Crippen LogP contribution >= 0.6 is 0 Å². The predicted molar refractivity (Wildman–Crippen MR) is 68.0 cm³/mol. The summed E-state index contributed by atoms with van der Waals surface area (Å²) in [6.07, 6.45) is 0. The number of sulfonamides is 1. The van der Waals surface area contributed by atoms with Crippen molar-refractivity contribution in [2.45, 2.75) is 11.8 Å². The van der Waals surface area contributed by atoms with Gasteiger partial charge in [-0.15, -0.1) is 0 Å². The highest BCUT2D eigenvalue weighted by atomic mass is 32.2. The molecule has 1 atom stereocenters. The van der Waals surface area contributed by atoms with Gasteiger partial charge in [-0.25, -0.2) is 13.1 Å². The standard InChI is InChI=1S/C11H16N2O4S/c1-8(11(14)15)7-13-9-3-5-10(6-4-9)18(16,17)12-2/h3-6,8,12-13H,7H2,1-2H3,(H,14,15). The highest BCUT2D eigenvalue weighted by molar-refractivity contribution is 7.89. The summed E-state index contributed by atoms with van der Waals surface area (Å²) in [6, 6.07) is 6.11. The molecular weight excluding hydrogens is 256 g/mol. The third-order valence-electron chi connectivity index (χ3n) is 2.47. The molecule has 0 amide bonds. The van der Waals surface area contributed by atoms with Gasteiger partial charge >= 0.3 is 5.97 Å². The largest absolute Gasteiger partial charge is 0.481 e. The molecule has 100 valence electrons. The van der Waals surface area contributed by atoms with E-state index >= 15 is 0 Å². The Labute approximate surface area is 106 Å². The van der Waals surface area contributed by atoms with E-state index in [2.05, 4.69) is 10.0 Å². The van der Waals surface area contributed by atoms with E-state index in [9.17, 15) is 13.2 Å². The quantitative estimate of drug-likeness (QED) is 0.709. The van der Waals surface area contributed by atoms with E-state index in [1.54, 1.807) is 19.1 Å². The first-order chi connectivity index (χ1) is 8.36. The van der Waals surface area contributed by atoms with Crippen LogP contribution in [0.15, 0.2) is 29.2 Å². The molecule has 1 rings (SSSR count). The van der Waals surface area contributed by atoms with Crippen LogP contribution in [0.25, 0.3) is 0 Å². The molecule has 0 fully saturated rings. The lowest BCUT2D eigenvalue weighted by Crippen LogP contribution is -2.20. The maximum atomic E-state index is 11.5. The zero-order valence-corrected chi connectivity index (χ0v) is 11.0. The number of carboxylic acid groups (broad SMARTS) is 1. The monoisotopic (exact) mass is 272 g/mol. The van der Waals surface area contributed by atoms with E-state index in [1.807, 2.05) is 0 Å². The average Bonchev–Trinajstić information content (AvgIpc) is 2.36. The van der Waals surface area contributed by atoms with E-state index in [0.29, 0.717) is 5.69 Å². The first-order valence-electron chi connectivity index (χ1n) is 5.37. The van der Waals surface area contributed by atoms with Gasteiger partial charge in [0.1, 0.15) is 0 Å². The first-order valence-corrected chi connectivity index (χ1v) is 6.85. The van der Waals surface area contributed by atoms with E-state index < -0.39 is 21.9 Å². The minimum Gasteiger partial charge on any atom is -0.481 e. The number of hydrogen-bond donors (Lipinski definition) is 3. The first kappa shape index (κ1) is 14.5. The van der Waals surface area contributed by atoms with E-state index in [-0.39, 0.29) is 11.4 Å². The third kappa shape index (κ3) is 3.71. The molecule has 7 heteroatoms. The lowest BCUT2D eigenvalue weighted by atomic mass is 10.2. The van der Waals surface area contributed by atoms with Gasteiger partial charge in [-0.1, -0.05) is 6.92 Å². The van der Waals surface area contributed by atoms with Crippen LogP contribution in [-0.4, -0.2) is 33.1 Å². The molecule has 0 saturated heterocycles. The fourth-order valence-corrected chi connectivity index (χ4v) is 1.96. The van der Waals surface area contributed by atoms with Crippen LogP contribution < -0.4 is 10.0 Å². The fraction of sp³-hybridized carbons (Fsp3) is 0.364. The molecule has 0 heterocycles. The summed E-state index contributed by atoms with van der Waals surface area (Å²) >= 11 is 0. The van der Waals surface area contributed by atoms with Crippen molar-refractivity contribution >= 4 is 21.7 Å². The van der Waals surface area contributed by atoms with Gasteiger partial charge in [0.15, 0.2) is 0 Å². The molecule has 0 radical (unpaired) electrons. The van der Waals surface area contributed by atoms with Crippen molar-refractivity contribution in [3.05, 3.63) is 24.3 Å². The Morgan fingerprint density at radius 3 is 2.33 bits per heavy atom. The van der Waals surface area contributed by atoms with Crippen molar-refractivity contribution in [3.8, 4) is 0 Å². The summed E-state index contributed by atoms with van der Waals surface area (Å²) in [6.45, 7) is 1.88. The fourth-order valence-electron chi connectivity index (χ4n) is 1.23. The second-order valence-corrected chi connectivity index (χ2v) is 5.74. The van der Waals surface area contributed by atoms with Gasteiger partial charge in [-0.3, -0.25) is 4.79 Å². The summed E-state index contributed by atoms with van der Waals surface area (Å²) in [5.74, 6) is -1.39. The Kier molecular flexibility index (Phi) is 4.69. The third-order valence-corrected chi connectivity index (χ3v) is 3.90. The Morgan fingerprint density at radius 1 is 1.33 bits per heavy atom. The summed E-state index contributed by atoms with van der Waals surface area (Å²) in [4.78, 5) is 10.8. The molecule has 0 aromatic heterocycles. The number of anilines is 1. The summed E-state index contributed by atoms with van der Waals surface area (Å²) < 4.78 is 25.1. The van der Waals surface area contributed by atoms with Crippen molar-refractivity contribution in [2.75, 3.05) is 18.9 Å². The molecular formula is C11H16N2O4S. The van der Waals surface area contributed by atoms with Crippen molar-refractivity contribution in [1.82, 2.24) is 4.72 Å². The topological polar surface area (TPSA) is 95.5 Å². The van der Waals surface area contributed by atoms with Crippen LogP contribution in [0.3, 0.4) is 0 Å². The van der Waals surface area contributed by atoms with Gasteiger partial charge in [0.25, 0.3) is 0 Å². The number of rotatable bonds is 6. The molecule has 0 bridgehead atoms. The van der Waals surface area contributed by atoms with Crippen LogP contribution in [0.1, 0.15) is 6.92 Å². The molecule has 0 aliphatic heterocycles. The lowest BCUT2D eigenvalue weighted by molar-refractivity contribution is -0.140. The highest BCUT2D eigenvalue weighted by Crippen LogP contribution is 2.14. The van der Waals surface area contributed by atoms with Gasteiger partial charge in [0.2, 0.25) is 10.0 Å². The second kappa shape index (κ2) is 5.83. The molecule has 0 saturated carbocycles. The number of carboxylic acids is 1. The summed E-state index contributed by atoms with van der Waals surface area (Å²) in [5.41, 5.74) is 0.679. The maximum Gasteiger partial charge on any atom is 0.308 e. The molecule has 1 aromatic rings. The Morgan fingerprint density at radius 2 is 1.89 bits per heavy atom. The highest BCUT2D eigenvalue weighted by Gasteiger charge is 2.12. The molecule has 18 heavy (non-hydrogen) atoms. The lowest BCUT2D eigenvalue weighted by Gasteiger charge is -2.10. The second-order valence-electron chi connectivity index (χ2n) is 3.85. The Balaban J connectivity index is 2.70. The molecule has 6 nitrogen and oxygen atoms in total. The number of nitrogens with one attached hydrogen (secondary N) is 2. The van der Waals surface area contributed by atoms with Crippen molar-refractivity contribution in [1.29, 1.82) is 0 Å². The minimum absolute atomic E-state index is 0.168. The molecule has 0 spiro atoms. The van der Waals surface area contributed by atoms with Crippen LogP contribution in [0.2, 0.25) is 0 Å². The van der Waals surface area contributed by atoms with Gasteiger partial charge in [0.05, 0.1) is 10.8 Å². The van der Waals surface area contributed by atoms with Gasteiger partial charge in [-0.05, 0) is 31.3 Å². The van der Waals surface area contributed by atoms with Crippen molar-refractivity contribution in [3.63, 3.8) is 0 Å². The smallest absolute Gasteiger partial charge is 0.308 e. The average molecular weight is 272 g/mol. The number of hydrogen-bond acceptors (Lipinski definition) is 4. The van der Waals surface area contributed by atoms with E-state index in [0.717, 1.165) is 0 Å². The molecule has 1 aromatic carbocycles. The van der Waals surface area contributed by atoms with Crippen molar-refractivity contribution in [2.24, 2.45) is 5.92 Å². The molecule has 0 aliphatic carbocycles. The molecule has 0 aliphatic rings. The molecule has 1 unspecified atom stereocenters. The van der Waals surface area contributed by atoms with Crippen molar-refractivity contribution < 1.29 is 18.3 Å². The molecule has 3 N–H and O–H groups in total. The zero-order valence-electron chi connectivity index (χ0n) is 10.2. The Hall–Kier alpha value is -1.60. The number of benzene rings is 1. The van der Waals surface area contributed by atoms with Crippen LogP contribution in [0.5, 0.6) is 0 Å². The summed E-state index contributed by atoms with van der Waals surface area (Å²) in [5, 5.41) is 11.6. The van der Waals surface area contributed by atoms with Gasteiger partial charge in [-0.2, -0.15) is 0 Å². The van der Waals surface area contributed by atoms with Crippen LogP contribution in [0, 0.1) is 5.92 Å². The zero-order chi connectivity index (χ0) is 13.8.